The molecule has 0 unspecified atom stereocenters. The molecule has 0 saturated heterocycles. The van der Waals surface area contributed by atoms with Gasteiger partial charge in [0, 0.05) is 10.7 Å². The summed E-state index contributed by atoms with van der Waals surface area (Å²) in [6.45, 7) is 0. The molecule has 2 aromatic heterocycles. The van der Waals surface area contributed by atoms with Gasteiger partial charge in [0.1, 0.15) is 10.3 Å². The van der Waals surface area contributed by atoms with Crippen molar-refractivity contribution in [1.29, 1.82) is 0 Å². The van der Waals surface area contributed by atoms with Crippen LogP contribution in [0.3, 0.4) is 0 Å². The number of halogens is 2. The summed E-state index contributed by atoms with van der Waals surface area (Å²) in [4.78, 5) is 0.643. The van der Waals surface area contributed by atoms with E-state index in [1.807, 2.05) is 0 Å². The summed E-state index contributed by atoms with van der Waals surface area (Å²) in [5.74, 6) is 0. The van der Waals surface area contributed by atoms with Crippen molar-refractivity contribution in [2.24, 2.45) is 0 Å². The van der Waals surface area contributed by atoms with Crippen LogP contribution in [-0.2, 0) is 9.05 Å². The van der Waals surface area contributed by atoms with E-state index in [1.165, 1.54) is 27.4 Å². The lowest BCUT2D eigenvalue weighted by molar-refractivity contribution is 0.602. The Kier molecular flexibility index (Phi) is 2.03. The van der Waals surface area contributed by atoms with Crippen LogP contribution in [0.25, 0.3) is 4.83 Å². The molecule has 0 aliphatic rings. The third kappa shape index (κ3) is 1.43. The van der Waals surface area contributed by atoms with Gasteiger partial charge >= 0.3 is 0 Å². The summed E-state index contributed by atoms with van der Waals surface area (Å²) in [5, 5.41) is 3.71. The molecule has 0 aliphatic carbocycles. The van der Waals surface area contributed by atoms with Gasteiger partial charge < -0.3 is 0 Å². The van der Waals surface area contributed by atoms with Gasteiger partial charge in [0.25, 0.3) is 9.05 Å². The van der Waals surface area contributed by atoms with Crippen molar-refractivity contribution in [2.75, 3.05) is 0 Å². The van der Waals surface area contributed by atoms with E-state index in [0.29, 0.717) is 4.83 Å². The summed E-state index contributed by atoms with van der Waals surface area (Å²) in [7, 11) is 1.33. The van der Waals surface area contributed by atoms with E-state index in [9.17, 15) is 8.42 Å². The molecule has 0 saturated carbocycles. The van der Waals surface area contributed by atoms with E-state index < -0.39 is 9.05 Å². The van der Waals surface area contributed by atoms with Crippen LogP contribution < -0.4 is 0 Å². The number of hydrogen-bond donors (Lipinski definition) is 0. The average molecular weight is 257 g/mol. The van der Waals surface area contributed by atoms with Gasteiger partial charge in [0.15, 0.2) is 5.03 Å². The second-order valence-electron chi connectivity index (χ2n) is 2.22. The first-order chi connectivity index (χ1) is 6.00. The van der Waals surface area contributed by atoms with Crippen LogP contribution in [0, 0.1) is 0 Å². The van der Waals surface area contributed by atoms with Crippen LogP contribution in [0.2, 0.25) is 5.02 Å². The lowest BCUT2D eigenvalue weighted by Gasteiger charge is -1.92. The predicted molar refractivity (Wildman–Crippen MR) is 51.1 cm³/mol. The number of hydrogen-bond acceptors (Lipinski definition) is 4. The third-order valence-electron chi connectivity index (χ3n) is 1.42. The first kappa shape index (κ1) is 9.26. The Morgan fingerprint density at radius 3 is 2.85 bits per heavy atom. The highest BCUT2D eigenvalue weighted by molar-refractivity contribution is 8.13. The minimum absolute atomic E-state index is 0.0920. The van der Waals surface area contributed by atoms with Crippen molar-refractivity contribution < 1.29 is 8.42 Å². The second kappa shape index (κ2) is 2.84. The molecule has 4 nitrogen and oxygen atoms in total. The van der Waals surface area contributed by atoms with E-state index in [-0.39, 0.29) is 10.0 Å². The van der Waals surface area contributed by atoms with Crippen LogP contribution in [0.5, 0.6) is 0 Å². The standard InChI is InChI=1S/C5H2Cl2N2O2S2/c6-3-1-4-9(8-2-12-4)5(3)13(7,10)11/h1-2H. The normalized spacial score (nSPS) is 12.5. The van der Waals surface area contributed by atoms with Crippen LogP contribution >= 0.6 is 33.6 Å². The number of nitrogens with zero attached hydrogens (tertiary/aromatic N) is 2. The fourth-order valence-electron chi connectivity index (χ4n) is 0.970. The van der Waals surface area contributed by atoms with Crippen molar-refractivity contribution in [2.45, 2.75) is 5.03 Å². The molecular weight excluding hydrogens is 255 g/mol. The average Bonchev–Trinajstić information content (AvgIpc) is 2.41. The van der Waals surface area contributed by atoms with Crippen LogP contribution in [-0.4, -0.2) is 18.0 Å². The molecule has 2 rings (SSSR count). The summed E-state index contributed by atoms with van der Waals surface area (Å²) in [6.07, 6.45) is 0. The second-order valence-corrected chi connectivity index (χ2v) is 5.98. The predicted octanol–water partition coefficient (Wildman–Crippen LogP) is 1.98. The van der Waals surface area contributed by atoms with Crippen LogP contribution in [0.1, 0.15) is 0 Å². The van der Waals surface area contributed by atoms with Crippen molar-refractivity contribution in [3.63, 3.8) is 0 Å². The molecule has 0 atom stereocenters. The lowest BCUT2D eigenvalue weighted by Crippen LogP contribution is -1.97. The highest BCUT2D eigenvalue weighted by atomic mass is 35.7. The van der Waals surface area contributed by atoms with Gasteiger partial charge in [-0.05, 0) is 6.07 Å². The maximum Gasteiger partial charge on any atom is 0.280 e. The van der Waals surface area contributed by atoms with E-state index in [0.717, 1.165) is 0 Å². The molecule has 0 spiro atoms. The number of aromatic nitrogens is 2. The van der Waals surface area contributed by atoms with Gasteiger partial charge in [-0.15, -0.1) is 11.3 Å². The molecule has 0 aromatic carbocycles. The summed E-state index contributed by atoms with van der Waals surface area (Å²) in [5.41, 5.74) is 1.51. The van der Waals surface area contributed by atoms with Gasteiger partial charge in [0.2, 0.25) is 0 Å². The Balaban J connectivity index is 2.94. The van der Waals surface area contributed by atoms with Gasteiger partial charge in [-0.2, -0.15) is 5.10 Å². The summed E-state index contributed by atoms with van der Waals surface area (Å²) >= 11 is 6.96. The van der Waals surface area contributed by atoms with Crippen molar-refractivity contribution in [1.82, 2.24) is 9.61 Å². The van der Waals surface area contributed by atoms with Gasteiger partial charge in [-0.1, -0.05) is 11.6 Å². The largest absolute Gasteiger partial charge is 0.280 e. The van der Waals surface area contributed by atoms with Gasteiger partial charge in [-0.3, -0.25) is 0 Å². The van der Waals surface area contributed by atoms with E-state index in [1.54, 1.807) is 0 Å². The Morgan fingerprint density at radius 1 is 1.54 bits per heavy atom. The molecule has 2 heterocycles. The number of fused-ring (bicyclic) bond motifs is 1. The van der Waals surface area contributed by atoms with Gasteiger partial charge in [0.05, 0.1) is 5.02 Å². The Hall–Kier alpha value is -0.300. The highest BCUT2D eigenvalue weighted by Crippen LogP contribution is 2.29. The molecule has 0 fully saturated rings. The summed E-state index contributed by atoms with van der Waals surface area (Å²) < 4.78 is 23.3. The number of rotatable bonds is 1. The monoisotopic (exact) mass is 256 g/mol. The third-order valence-corrected chi connectivity index (χ3v) is 3.85. The van der Waals surface area contributed by atoms with Crippen molar-refractivity contribution >= 4 is 47.5 Å². The van der Waals surface area contributed by atoms with E-state index in [2.05, 4.69) is 5.10 Å². The van der Waals surface area contributed by atoms with E-state index in [4.69, 9.17) is 22.3 Å². The zero-order chi connectivity index (χ0) is 9.64. The zero-order valence-electron chi connectivity index (χ0n) is 5.94. The zero-order valence-corrected chi connectivity index (χ0v) is 9.08. The molecule has 0 radical (unpaired) electrons. The van der Waals surface area contributed by atoms with Crippen LogP contribution in [0.15, 0.2) is 16.6 Å². The van der Waals surface area contributed by atoms with Crippen molar-refractivity contribution in [3.05, 3.63) is 16.6 Å². The van der Waals surface area contributed by atoms with Gasteiger partial charge in [-0.25, -0.2) is 12.9 Å². The fourth-order valence-corrected chi connectivity index (χ4v) is 3.46. The molecule has 0 bridgehead atoms. The maximum absolute atomic E-state index is 11.1. The Morgan fingerprint density at radius 2 is 2.23 bits per heavy atom. The molecule has 2 aromatic rings. The lowest BCUT2D eigenvalue weighted by atomic mass is 10.7. The molecule has 13 heavy (non-hydrogen) atoms. The Bertz CT molecular complexity index is 556. The molecule has 70 valence electrons. The molecular formula is C5H2Cl2N2O2S2. The molecule has 0 amide bonds. The smallest absolute Gasteiger partial charge is 0.208 e. The SMILES string of the molecule is O=S(=O)(Cl)c1c(Cl)cc2scnn12. The first-order valence-electron chi connectivity index (χ1n) is 3.05. The fraction of sp³-hybridized carbons (Fsp3) is 0. The van der Waals surface area contributed by atoms with Crippen molar-refractivity contribution in [3.8, 4) is 0 Å². The maximum atomic E-state index is 11.1. The summed E-state index contributed by atoms with van der Waals surface area (Å²) in [6, 6.07) is 1.51. The molecule has 8 heteroatoms. The molecule has 0 aliphatic heterocycles. The molecule has 0 N–H and O–H groups in total. The van der Waals surface area contributed by atoms with E-state index >= 15 is 0 Å². The first-order valence-corrected chi connectivity index (χ1v) is 6.62. The minimum atomic E-state index is -3.84. The quantitative estimate of drug-likeness (QED) is 0.734. The highest BCUT2D eigenvalue weighted by Gasteiger charge is 2.21. The van der Waals surface area contributed by atoms with Crippen LogP contribution in [0.4, 0.5) is 0 Å². The topological polar surface area (TPSA) is 51.4 Å². The Labute approximate surface area is 87.1 Å². The minimum Gasteiger partial charge on any atom is -0.208 e.